The molecule has 3 heterocycles. The van der Waals surface area contributed by atoms with Crippen LogP contribution in [0.2, 0.25) is 0 Å². The molecule has 38 heavy (non-hydrogen) atoms. The average Bonchev–Trinajstić information content (AvgIpc) is 3.39. The van der Waals surface area contributed by atoms with E-state index in [0.29, 0.717) is 17.8 Å². The third kappa shape index (κ3) is 4.65. The number of nitrogens with one attached hydrogen (secondary N) is 2. The summed E-state index contributed by atoms with van der Waals surface area (Å²) in [5.41, 5.74) is 3.10. The van der Waals surface area contributed by atoms with Crippen molar-refractivity contribution in [1.29, 1.82) is 0 Å². The van der Waals surface area contributed by atoms with Gasteiger partial charge < -0.3 is 20.8 Å². The minimum absolute atomic E-state index is 0.0330. The van der Waals surface area contributed by atoms with Crippen LogP contribution in [0.5, 0.6) is 0 Å². The van der Waals surface area contributed by atoms with Gasteiger partial charge in [0.15, 0.2) is 9.84 Å². The Morgan fingerprint density at radius 3 is 2.45 bits per heavy atom. The van der Waals surface area contributed by atoms with Gasteiger partial charge in [0.1, 0.15) is 22.4 Å². The van der Waals surface area contributed by atoms with Crippen molar-refractivity contribution in [2.75, 3.05) is 16.4 Å². The number of anilines is 2. The minimum atomic E-state index is -3.48. The lowest BCUT2D eigenvalue weighted by Gasteiger charge is -2.33. The van der Waals surface area contributed by atoms with E-state index in [9.17, 15) is 18.6 Å². The van der Waals surface area contributed by atoms with E-state index in [1.165, 1.54) is 17.8 Å². The Morgan fingerprint density at radius 1 is 1.08 bits per heavy atom. The first kappa shape index (κ1) is 27.2. The smallest absolute Gasteiger partial charge is 0.225 e. The fourth-order valence-corrected chi connectivity index (χ4v) is 8.02. The number of thiazole rings is 1. The number of hydrogen-bond donors (Lipinski definition) is 4. The lowest BCUT2D eigenvalue weighted by atomic mass is 9.91. The predicted octanol–water partition coefficient (Wildman–Crippen LogP) is 3.47. The second kappa shape index (κ2) is 9.96. The summed E-state index contributed by atoms with van der Waals surface area (Å²) in [6, 6.07) is 1.65. The van der Waals surface area contributed by atoms with E-state index in [0.717, 1.165) is 45.0 Å². The molecular weight excluding hydrogens is 524 g/mol. The van der Waals surface area contributed by atoms with Gasteiger partial charge in [-0.25, -0.2) is 18.4 Å². The number of aliphatic hydroxyl groups excluding tert-OH is 2. The Morgan fingerprint density at radius 2 is 1.82 bits per heavy atom. The summed E-state index contributed by atoms with van der Waals surface area (Å²) in [4.78, 5) is 18.7. The van der Waals surface area contributed by atoms with Crippen LogP contribution < -0.4 is 10.6 Å². The summed E-state index contributed by atoms with van der Waals surface area (Å²) in [5.74, 6) is 0.317. The molecule has 4 N–H and O–H groups in total. The quantitative estimate of drug-likeness (QED) is 0.322. The third-order valence-corrected chi connectivity index (χ3v) is 12.0. The molecule has 2 saturated carbocycles. The van der Waals surface area contributed by atoms with Crippen LogP contribution in [0.25, 0.3) is 20.8 Å². The van der Waals surface area contributed by atoms with Crippen LogP contribution >= 0.6 is 11.3 Å². The molecule has 5 rings (SSSR count). The molecular formula is C26H36N6O4S2. The summed E-state index contributed by atoms with van der Waals surface area (Å²) in [6.07, 6.45) is 2.96. The molecule has 0 spiro atoms. The van der Waals surface area contributed by atoms with Gasteiger partial charge in [-0.05, 0) is 59.4 Å². The lowest BCUT2D eigenvalue weighted by Crippen LogP contribution is -2.46. The molecule has 2 aliphatic rings. The standard InChI is InChI=1S/C26H36N6O4S2/c1-6-38(35,36)26(4,5)16-12-17(22(34)21(16)33)30-23-19(13(2)28-25(32-23)29-15-8-7-9-15)24-31-20-14(3)27-11-10-18(20)37-24/h10-11,15-17,21-22,33-34H,6-9,12H2,1-5H3,(H2,28,29,30,32)/t16-,17?,21+,22-/m0/s1. The monoisotopic (exact) mass is 560 g/mol. The van der Waals surface area contributed by atoms with Crippen molar-refractivity contribution >= 4 is 43.2 Å². The highest BCUT2D eigenvalue weighted by Crippen LogP contribution is 2.42. The molecule has 0 amide bonds. The van der Waals surface area contributed by atoms with Gasteiger partial charge in [-0.15, -0.1) is 11.3 Å². The van der Waals surface area contributed by atoms with E-state index in [-0.39, 0.29) is 12.2 Å². The molecule has 0 bridgehead atoms. The second-order valence-corrected chi connectivity index (χ2v) is 14.9. The molecule has 3 aromatic heterocycles. The summed E-state index contributed by atoms with van der Waals surface area (Å²) < 4.78 is 25.5. The zero-order valence-electron chi connectivity index (χ0n) is 22.4. The van der Waals surface area contributed by atoms with Crippen molar-refractivity contribution in [3.8, 4) is 10.6 Å². The maximum Gasteiger partial charge on any atom is 0.225 e. The van der Waals surface area contributed by atoms with Crippen LogP contribution in [0.3, 0.4) is 0 Å². The SMILES string of the molecule is CCS(=O)(=O)C(C)(C)[C@H]1CC(Nc2nc(NC3CCC3)nc(C)c2-c2nc3c(C)nccc3s2)[C@H](O)[C@@H]1O. The summed E-state index contributed by atoms with van der Waals surface area (Å²) >= 11 is 1.52. The normalized spacial score (nSPS) is 24.5. The number of rotatable bonds is 8. The first-order valence-electron chi connectivity index (χ1n) is 13.2. The second-order valence-electron chi connectivity index (χ2n) is 11.0. The van der Waals surface area contributed by atoms with Crippen molar-refractivity contribution in [3.63, 3.8) is 0 Å². The molecule has 10 nitrogen and oxygen atoms in total. The van der Waals surface area contributed by atoms with Crippen molar-refractivity contribution in [3.05, 3.63) is 23.7 Å². The fraction of sp³-hybridized carbons (Fsp3) is 0.615. The van der Waals surface area contributed by atoms with Gasteiger partial charge in [0.2, 0.25) is 5.95 Å². The highest BCUT2D eigenvalue weighted by Gasteiger charge is 2.53. The predicted molar refractivity (Wildman–Crippen MR) is 150 cm³/mol. The molecule has 4 atom stereocenters. The van der Waals surface area contributed by atoms with E-state index in [1.807, 2.05) is 19.9 Å². The lowest BCUT2D eigenvalue weighted by molar-refractivity contribution is 0.0105. The largest absolute Gasteiger partial charge is 0.390 e. The molecule has 3 aromatic rings. The number of aliphatic hydroxyl groups is 2. The van der Waals surface area contributed by atoms with Gasteiger partial charge in [0, 0.05) is 23.9 Å². The van der Waals surface area contributed by atoms with Crippen LogP contribution in [-0.2, 0) is 9.84 Å². The highest BCUT2D eigenvalue weighted by molar-refractivity contribution is 7.92. The van der Waals surface area contributed by atoms with E-state index in [1.54, 1.807) is 27.0 Å². The van der Waals surface area contributed by atoms with Crippen LogP contribution in [0.15, 0.2) is 12.3 Å². The zero-order valence-corrected chi connectivity index (χ0v) is 24.0. The fourth-order valence-electron chi connectivity index (χ4n) is 5.47. The van der Waals surface area contributed by atoms with Crippen molar-refractivity contribution in [1.82, 2.24) is 19.9 Å². The molecule has 0 aliphatic heterocycles. The van der Waals surface area contributed by atoms with Gasteiger partial charge in [0.25, 0.3) is 0 Å². The maximum absolute atomic E-state index is 12.8. The Labute approximate surface area is 227 Å². The van der Waals surface area contributed by atoms with E-state index < -0.39 is 38.8 Å². The Hall–Kier alpha value is -2.41. The van der Waals surface area contributed by atoms with E-state index in [4.69, 9.17) is 15.0 Å². The number of hydrogen-bond acceptors (Lipinski definition) is 11. The molecule has 2 fully saturated rings. The van der Waals surface area contributed by atoms with E-state index >= 15 is 0 Å². The summed E-state index contributed by atoms with van der Waals surface area (Å²) in [7, 11) is -3.48. The highest BCUT2D eigenvalue weighted by atomic mass is 32.2. The van der Waals surface area contributed by atoms with Gasteiger partial charge in [-0.1, -0.05) is 6.92 Å². The van der Waals surface area contributed by atoms with Crippen LogP contribution in [0.1, 0.15) is 57.8 Å². The van der Waals surface area contributed by atoms with Crippen molar-refractivity contribution in [2.45, 2.75) is 89.3 Å². The minimum Gasteiger partial charge on any atom is -0.390 e. The number of fused-ring (bicyclic) bond motifs is 1. The Kier molecular flexibility index (Phi) is 7.12. The van der Waals surface area contributed by atoms with Crippen molar-refractivity contribution in [2.24, 2.45) is 5.92 Å². The summed E-state index contributed by atoms with van der Waals surface area (Å²) in [5, 5.41) is 29.5. The molecule has 1 unspecified atom stereocenters. The van der Waals surface area contributed by atoms with Crippen LogP contribution in [-0.4, -0.2) is 73.4 Å². The van der Waals surface area contributed by atoms with Gasteiger partial charge in [-0.2, -0.15) is 4.98 Å². The number of aromatic nitrogens is 4. The first-order valence-corrected chi connectivity index (χ1v) is 15.6. The molecule has 0 aromatic carbocycles. The van der Waals surface area contributed by atoms with Crippen LogP contribution in [0.4, 0.5) is 11.8 Å². The Balaban J connectivity index is 1.54. The van der Waals surface area contributed by atoms with Gasteiger partial charge in [0.05, 0.1) is 38.5 Å². The topological polar surface area (TPSA) is 150 Å². The molecule has 2 aliphatic carbocycles. The summed E-state index contributed by atoms with van der Waals surface area (Å²) in [6.45, 7) is 8.69. The zero-order chi connectivity index (χ0) is 27.4. The first-order chi connectivity index (χ1) is 17.9. The number of aryl methyl sites for hydroxylation is 2. The maximum atomic E-state index is 12.8. The molecule has 0 saturated heterocycles. The average molecular weight is 561 g/mol. The molecule has 206 valence electrons. The van der Waals surface area contributed by atoms with Gasteiger partial charge in [-0.3, -0.25) is 4.98 Å². The molecule has 0 radical (unpaired) electrons. The van der Waals surface area contributed by atoms with E-state index in [2.05, 4.69) is 15.6 Å². The van der Waals surface area contributed by atoms with Gasteiger partial charge >= 0.3 is 0 Å². The molecule has 12 heteroatoms. The van der Waals surface area contributed by atoms with Crippen LogP contribution in [0, 0.1) is 19.8 Å². The third-order valence-electron chi connectivity index (χ3n) is 8.31. The number of sulfone groups is 1. The Bertz CT molecular complexity index is 1450. The van der Waals surface area contributed by atoms with Crippen molar-refractivity contribution < 1.29 is 18.6 Å². The number of nitrogens with zero attached hydrogens (tertiary/aromatic N) is 4. The number of pyridine rings is 1.